The standard InChI is InChI=1S/C22H19F4N3O3/c1-11-12(2)16(23)6-5-15(11)13-9-18-17(27-10-13)7-8-29(18)20(19(30)28-14-3-4-14)32-21(31)22(24,25)26/h5-10,14,20H,3-4H2,1-2H3,(H,28,30). The number of nitrogens with one attached hydrogen (secondary N) is 1. The van der Waals surface area contributed by atoms with E-state index in [-0.39, 0.29) is 17.4 Å². The zero-order chi connectivity index (χ0) is 23.2. The lowest BCUT2D eigenvalue weighted by Gasteiger charge is -2.21. The smallest absolute Gasteiger partial charge is 0.425 e. The van der Waals surface area contributed by atoms with Crippen LogP contribution < -0.4 is 5.32 Å². The van der Waals surface area contributed by atoms with Gasteiger partial charge in [-0.3, -0.25) is 9.78 Å². The van der Waals surface area contributed by atoms with E-state index < -0.39 is 24.3 Å². The second-order valence-electron chi connectivity index (χ2n) is 7.73. The molecule has 0 bridgehead atoms. The van der Waals surface area contributed by atoms with Crippen LogP contribution in [0.15, 0.2) is 36.7 Å². The van der Waals surface area contributed by atoms with Crippen LogP contribution in [0, 0.1) is 19.7 Å². The molecule has 2 heterocycles. The Labute approximate surface area is 180 Å². The van der Waals surface area contributed by atoms with Crippen molar-refractivity contribution in [1.82, 2.24) is 14.9 Å². The Hall–Kier alpha value is -3.43. The molecule has 0 saturated heterocycles. The van der Waals surface area contributed by atoms with Crippen LogP contribution in [-0.4, -0.2) is 33.6 Å². The molecule has 0 radical (unpaired) electrons. The van der Waals surface area contributed by atoms with Crippen molar-refractivity contribution < 1.29 is 31.9 Å². The molecular formula is C22H19F4N3O3. The van der Waals surface area contributed by atoms with Crippen LogP contribution in [0.25, 0.3) is 22.2 Å². The van der Waals surface area contributed by atoms with Crippen LogP contribution >= 0.6 is 0 Å². The van der Waals surface area contributed by atoms with E-state index in [2.05, 4.69) is 15.0 Å². The Morgan fingerprint density at radius 2 is 1.91 bits per heavy atom. The van der Waals surface area contributed by atoms with Crippen molar-refractivity contribution in [2.24, 2.45) is 0 Å². The minimum atomic E-state index is -5.26. The quantitative estimate of drug-likeness (QED) is 0.465. The minimum Gasteiger partial charge on any atom is -0.425 e. The average Bonchev–Trinajstić information content (AvgIpc) is 3.45. The highest BCUT2D eigenvalue weighted by Crippen LogP contribution is 2.31. The van der Waals surface area contributed by atoms with E-state index in [0.717, 1.165) is 4.57 Å². The molecule has 3 aromatic rings. The first-order valence-electron chi connectivity index (χ1n) is 9.87. The topological polar surface area (TPSA) is 73.2 Å². The monoisotopic (exact) mass is 449 g/mol. The van der Waals surface area contributed by atoms with Gasteiger partial charge in [0.15, 0.2) is 0 Å². The maximum absolute atomic E-state index is 13.9. The second-order valence-corrected chi connectivity index (χ2v) is 7.73. The van der Waals surface area contributed by atoms with Crippen LogP contribution in [0.3, 0.4) is 0 Å². The van der Waals surface area contributed by atoms with Crippen molar-refractivity contribution in [3.8, 4) is 11.1 Å². The van der Waals surface area contributed by atoms with Gasteiger partial charge in [-0.05, 0) is 61.6 Å². The van der Waals surface area contributed by atoms with Gasteiger partial charge in [-0.2, -0.15) is 13.2 Å². The number of rotatable bonds is 5. The van der Waals surface area contributed by atoms with Gasteiger partial charge in [-0.1, -0.05) is 6.07 Å². The lowest BCUT2D eigenvalue weighted by atomic mass is 9.97. The number of alkyl halides is 3. The van der Waals surface area contributed by atoms with Crippen LogP contribution in [0.2, 0.25) is 0 Å². The number of amides is 1. The molecule has 1 aromatic carbocycles. The number of carbonyl (C=O) groups excluding carboxylic acids is 2. The lowest BCUT2D eigenvalue weighted by molar-refractivity contribution is -0.209. The molecule has 1 N–H and O–H groups in total. The Morgan fingerprint density at radius 1 is 1.19 bits per heavy atom. The molecule has 1 unspecified atom stereocenters. The highest BCUT2D eigenvalue weighted by atomic mass is 19.4. The van der Waals surface area contributed by atoms with E-state index in [1.54, 1.807) is 32.2 Å². The molecule has 1 fully saturated rings. The number of hydrogen-bond acceptors (Lipinski definition) is 4. The number of nitrogens with zero attached hydrogens (tertiary/aromatic N) is 2. The zero-order valence-corrected chi connectivity index (χ0v) is 17.2. The van der Waals surface area contributed by atoms with Crippen molar-refractivity contribution in [3.63, 3.8) is 0 Å². The van der Waals surface area contributed by atoms with E-state index in [4.69, 9.17) is 0 Å². The summed E-state index contributed by atoms with van der Waals surface area (Å²) in [6.45, 7) is 3.38. The molecule has 4 rings (SSSR count). The van der Waals surface area contributed by atoms with Gasteiger partial charge in [0.1, 0.15) is 5.82 Å². The van der Waals surface area contributed by atoms with Crippen molar-refractivity contribution in [2.45, 2.75) is 45.1 Å². The molecule has 0 aliphatic heterocycles. The van der Waals surface area contributed by atoms with Gasteiger partial charge in [0.25, 0.3) is 12.1 Å². The molecule has 1 atom stereocenters. The Bertz CT molecular complexity index is 1220. The fourth-order valence-corrected chi connectivity index (χ4v) is 3.39. The summed E-state index contributed by atoms with van der Waals surface area (Å²) in [7, 11) is 0. The molecule has 32 heavy (non-hydrogen) atoms. The van der Waals surface area contributed by atoms with E-state index in [9.17, 15) is 27.2 Å². The van der Waals surface area contributed by atoms with Crippen molar-refractivity contribution in [2.75, 3.05) is 0 Å². The zero-order valence-electron chi connectivity index (χ0n) is 17.2. The van der Waals surface area contributed by atoms with Crippen molar-refractivity contribution in [3.05, 3.63) is 53.6 Å². The maximum atomic E-state index is 13.9. The van der Waals surface area contributed by atoms with E-state index >= 15 is 0 Å². The first kappa shape index (κ1) is 21.8. The number of hydrogen-bond donors (Lipinski definition) is 1. The summed E-state index contributed by atoms with van der Waals surface area (Å²) in [5.74, 6) is -3.69. The van der Waals surface area contributed by atoms with Gasteiger partial charge >= 0.3 is 12.1 Å². The van der Waals surface area contributed by atoms with Crippen LogP contribution in [-0.2, 0) is 14.3 Å². The molecule has 1 amide bonds. The third-order valence-electron chi connectivity index (χ3n) is 5.45. The van der Waals surface area contributed by atoms with Crippen LogP contribution in [0.1, 0.15) is 30.2 Å². The van der Waals surface area contributed by atoms with Gasteiger partial charge in [0, 0.05) is 24.0 Å². The molecule has 1 saturated carbocycles. The third kappa shape index (κ3) is 4.17. The fourth-order valence-electron chi connectivity index (χ4n) is 3.39. The van der Waals surface area contributed by atoms with Crippen molar-refractivity contribution >= 4 is 22.9 Å². The number of benzene rings is 1. The predicted molar refractivity (Wildman–Crippen MR) is 107 cm³/mol. The number of esters is 1. The minimum absolute atomic E-state index is 0.157. The largest absolute Gasteiger partial charge is 0.491 e. The van der Waals surface area contributed by atoms with E-state index in [0.29, 0.717) is 40.6 Å². The predicted octanol–water partition coefficient (Wildman–Crippen LogP) is 4.34. The molecule has 1 aliphatic rings. The normalized spacial score (nSPS) is 14.9. The molecule has 2 aromatic heterocycles. The van der Waals surface area contributed by atoms with Gasteiger partial charge in [-0.25, -0.2) is 9.18 Å². The second kappa shape index (κ2) is 7.92. The number of ether oxygens (including phenoxy) is 1. The van der Waals surface area contributed by atoms with Crippen LogP contribution in [0.4, 0.5) is 17.6 Å². The molecule has 6 nitrogen and oxygen atoms in total. The van der Waals surface area contributed by atoms with Crippen LogP contribution in [0.5, 0.6) is 0 Å². The molecule has 1 aliphatic carbocycles. The number of halogens is 4. The molecule has 168 valence electrons. The summed E-state index contributed by atoms with van der Waals surface area (Å²) in [5, 5.41) is 2.57. The fraction of sp³-hybridized carbons (Fsp3) is 0.318. The first-order valence-corrected chi connectivity index (χ1v) is 9.87. The number of carbonyl (C=O) groups is 2. The molecule has 0 spiro atoms. The number of pyridine rings is 1. The maximum Gasteiger partial charge on any atom is 0.491 e. The Balaban J connectivity index is 1.78. The van der Waals surface area contributed by atoms with E-state index in [1.165, 1.54) is 18.3 Å². The van der Waals surface area contributed by atoms with E-state index in [1.807, 2.05) is 0 Å². The highest BCUT2D eigenvalue weighted by molar-refractivity contribution is 5.88. The third-order valence-corrected chi connectivity index (χ3v) is 5.45. The number of fused-ring (bicyclic) bond motifs is 1. The molecule has 10 heteroatoms. The summed E-state index contributed by atoms with van der Waals surface area (Å²) < 4.78 is 58.1. The summed E-state index contributed by atoms with van der Waals surface area (Å²) in [5.41, 5.74) is 3.06. The molecular weight excluding hydrogens is 430 g/mol. The van der Waals surface area contributed by atoms with Gasteiger partial charge in [0.05, 0.1) is 11.0 Å². The van der Waals surface area contributed by atoms with Crippen molar-refractivity contribution in [1.29, 1.82) is 0 Å². The Morgan fingerprint density at radius 3 is 2.56 bits per heavy atom. The highest BCUT2D eigenvalue weighted by Gasteiger charge is 2.44. The SMILES string of the molecule is Cc1c(F)ccc(-c2cnc3ccn(C(OC(=O)C(F)(F)F)C(=O)NC4CC4)c3c2)c1C. The summed E-state index contributed by atoms with van der Waals surface area (Å²) >= 11 is 0. The summed E-state index contributed by atoms with van der Waals surface area (Å²) in [6.07, 6.45) is -2.83. The number of aromatic nitrogens is 2. The summed E-state index contributed by atoms with van der Waals surface area (Å²) in [4.78, 5) is 28.5. The first-order chi connectivity index (χ1) is 15.1. The summed E-state index contributed by atoms with van der Waals surface area (Å²) in [6, 6.07) is 5.85. The average molecular weight is 449 g/mol. The van der Waals surface area contributed by atoms with Gasteiger partial charge in [-0.15, -0.1) is 0 Å². The Kier molecular flexibility index (Phi) is 5.39. The van der Waals surface area contributed by atoms with Gasteiger partial charge < -0.3 is 14.6 Å². The lowest BCUT2D eigenvalue weighted by Crippen LogP contribution is -2.39. The van der Waals surface area contributed by atoms with Gasteiger partial charge in [0.2, 0.25) is 0 Å².